The Kier molecular flexibility index (Phi) is 9.93. The Bertz CT molecular complexity index is 1070. The Morgan fingerprint density at radius 1 is 1.08 bits per heavy atom. The van der Waals surface area contributed by atoms with Crippen LogP contribution in [-0.2, 0) is 14.3 Å². The van der Waals surface area contributed by atoms with Crippen LogP contribution in [0.1, 0.15) is 45.2 Å². The Labute approximate surface area is 225 Å². The number of Topliss-reactive ketones (excluding diaryl/α,β-unsaturated/α-hetero) is 1. The van der Waals surface area contributed by atoms with E-state index in [1.807, 2.05) is 10.6 Å². The quantitative estimate of drug-likeness (QED) is 0.149. The second-order valence-corrected chi connectivity index (χ2v) is 24.2. The Morgan fingerprint density at radius 2 is 1.70 bits per heavy atom. The van der Waals surface area contributed by atoms with Gasteiger partial charge >= 0.3 is 0 Å². The summed E-state index contributed by atoms with van der Waals surface area (Å²) in [4.78, 5) is 19.4. The van der Waals surface area contributed by atoms with Gasteiger partial charge in [-0.2, -0.15) is 9.61 Å². The summed E-state index contributed by atoms with van der Waals surface area (Å²) in [7, 11) is -2.36. The lowest BCUT2D eigenvalue weighted by atomic mass is 9.70. The first-order valence-corrected chi connectivity index (χ1v) is 21.2. The monoisotopic (exact) mass is 544 g/mol. The van der Waals surface area contributed by atoms with Gasteiger partial charge in [-0.05, 0) is 50.3 Å². The second kappa shape index (κ2) is 12.4. The third kappa shape index (κ3) is 8.33. The zero-order chi connectivity index (χ0) is 27.3. The minimum atomic E-state index is -1.18. The number of fused-ring (bicyclic) bond motifs is 1. The van der Waals surface area contributed by atoms with Crippen LogP contribution >= 0.6 is 0 Å². The van der Waals surface area contributed by atoms with Crippen LogP contribution in [0.25, 0.3) is 11.2 Å². The van der Waals surface area contributed by atoms with Gasteiger partial charge in [0.15, 0.2) is 5.65 Å². The predicted molar refractivity (Wildman–Crippen MR) is 159 cm³/mol. The van der Waals surface area contributed by atoms with Crippen molar-refractivity contribution in [1.82, 2.24) is 14.6 Å². The van der Waals surface area contributed by atoms with Gasteiger partial charge in [0, 0.05) is 46.9 Å². The van der Waals surface area contributed by atoms with Crippen LogP contribution in [0.3, 0.4) is 0 Å². The zero-order valence-corrected chi connectivity index (χ0v) is 26.4. The molecular formula is C28H48N4O3Si2. The van der Waals surface area contributed by atoms with Crippen LogP contribution < -0.4 is 4.90 Å². The summed E-state index contributed by atoms with van der Waals surface area (Å²) in [6.07, 6.45) is 7.40. The number of anilines is 1. The van der Waals surface area contributed by atoms with Crippen molar-refractivity contribution in [1.29, 1.82) is 0 Å². The number of hydrogen-bond acceptors (Lipinski definition) is 6. The molecule has 1 aliphatic carbocycles. The maximum atomic E-state index is 12.4. The SMILES string of the molecule is CCC1(C(C)=O)CC=C(c2cc(N(COCC[Si](C)(C)C)COCC[Si](C)(C)C)n3nccc3n2)CC1. The van der Waals surface area contributed by atoms with Crippen LogP contribution in [0, 0.1) is 5.41 Å². The summed E-state index contributed by atoms with van der Waals surface area (Å²) in [6, 6.07) is 6.30. The molecule has 0 saturated carbocycles. The molecule has 0 fully saturated rings. The summed E-state index contributed by atoms with van der Waals surface area (Å²) in [6.45, 7) is 20.4. The Balaban J connectivity index is 1.87. The number of rotatable bonds is 14. The van der Waals surface area contributed by atoms with E-state index >= 15 is 0 Å². The van der Waals surface area contributed by atoms with Crippen molar-refractivity contribution in [2.45, 2.75) is 90.9 Å². The summed E-state index contributed by atoms with van der Waals surface area (Å²) >= 11 is 0. The maximum absolute atomic E-state index is 12.4. The fourth-order valence-electron chi connectivity index (χ4n) is 4.58. The lowest BCUT2D eigenvalue weighted by molar-refractivity contribution is -0.127. The van der Waals surface area contributed by atoms with Crippen LogP contribution in [0.15, 0.2) is 24.4 Å². The molecule has 0 aromatic carbocycles. The first-order valence-electron chi connectivity index (χ1n) is 13.8. The normalized spacial score (nSPS) is 18.8. The number of hydrogen-bond donors (Lipinski definition) is 0. The van der Waals surface area contributed by atoms with Crippen molar-refractivity contribution in [2.75, 3.05) is 31.6 Å². The molecule has 9 heteroatoms. The molecule has 37 heavy (non-hydrogen) atoms. The fraction of sp³-hybridized carbons (Fsp3) is 0.679. The average Bonchev–Trinajstić information content (AvgIpc) is 3.30. The maximum Gasteiger partial charge on any atom is 0.157 e. The molecule has 0 N–H and O–H groups in total. The third-order valence-electron chi connectivity index (χ3n) is 7.52. The van der Waals surface area contributed by atoms with Crippen LogP contribution in [0.4, 0.5) is 5.82 Å². The summed E-state index contributed by atoms with van der Waals surface area (Å²) in [5, 5.41) is 4.57. The molecule has 0 spiro atoms. The van der Waals surface area contributed by atoms with E-state index < -0.39 is 16.1 Å². The molecule has 7 nitrogen and oxygen atoms in total. The molecule has 1 aliphatic rings. The van der Waals surface area contributed by atoms with Gasteiger partial charge in [-0.25, -0.2) is 4.98 Å². The predicted octanol–water partition coefficient (Wildman–Crippen LogP) is 6.71. The fourth-order valence-corrected chi connectivity index (χ4v) is 6.09. The number of carbonyl (C=O) groups excluding carboxylic acids is 1. The number of ketones is 1. The Morgan fingerprint density at radius 3 is 2.19 bits per heavy atom. The standard InChI is InChI=1S/C28H48N4O3Si2/c1-9-28(23(2)33)13-10-24(11-14-28)25-20-27(32-26(30-25)12-15-29-32)31(21-34-16-18-36(3,4)5)22-35-17-19-37(6,7)8/h10,12,15,20H,9,11,13-14,16-19,21-22H2,1-8H3. The van der Waals surface area contributed by atoms with Gasteiger partial charge in [-0.3, -0.25) is 4.79 Å². The van der Waals surface area contributed by atoms with Gasteiger partial charge < -0.3 is 14.4 Å². The molecule has 2 aromatic heterocycles. The van der Waals surface area contributed by atoms with Gasteiger partial charge in [0.2, 0.25) is 0 Å². The smallest absolute Gasteiger partial charge is 0.157 e. The Hall–Kier alpha value is -1.82. The lowest BCUT2D eigenvalue weighted by Gasteiger charge is -2.33. The largest absolute Gasteiger partial charge is 0.361 e. The van der Waals surface area contributed by atoms with E-state index in [1.165, 1.54) is 5.57 Å². The first-order chi connectivity index (χ1) is 17.3. The van der Waals surface area contributed by atoms with Crippen molar-refractivity contribution >= 4 is 39.0 Å². The number of aromatic nitrogens is 3. The highest BCUT2D eigenvalue weighted by Crippen LogP contribution is 2.42. The number of nitrogens with zero attached hydrogens (tertiary/aromatic N) is 4. The molecule has 0 aliphatic heterocycles. The summed E-state index contributed by atoms with van der Waals surface area (Å²) in [5.74, 6) is 1.22. The van der Waals surface area contributed by atoms with Crippen molar-refractivity contribution in [3.8, 4) is 0 Å². The highest BCUT2D eigenvalue weighted by atomic mass is 28.3. The van der Waals surface area contributed by atoms with Crippen LogP contribution in [0.5, 0.6) is 0 Å². The number of allylic oxidation sites excluding steroid dienone is 2. The van der Waals surface area contributed by atoms with E-state index in [0.717, 1.165) is 68.1 Å². The number of carbonyl (C=O) groups is 1. The van der Waals surface area contributed by atoms with Crippen molar-refractivity contribution in [2.24, 2.45) is 5.41 Å². The highest BCUT2D eigenvalue weighted by Gasteiger charge is 2.35. The topological polar surface area (TPSA) is 69.0 Å². The molecule has 2 aromatic rings. The van der Waals surface area contributed by atoms with Crippen LogP contribution in [-0.4, -0.2) is 63.2 Å². The van der Waals surface area contributed by atoms with Gasteiger partial charge in [-0.15, -0.1) is 0 Å². The molecular weight excluding hydrogens is 497 g/mol. The van der Waals surface area contributed by atoms with E-state index in [0.29, 0.717) is 19.2 Å². The summed E-state index contributed by atoms with van der Waals surface area (Å²) < 4.78 is 14.2. The zero-order valence-electron chi connectivity index (χ0n) is 24.4. The van der Waals surface area contributed by atoms with E-state index in [-0.39, 0.29) is 5.41 Å². The molecule has 0 amide bonds. The van der Waals surface area contributed by atoms with E-state index in [2.05, 4.69) is 68.3 Å². The van der Waals surface area contributed by atoms with Gasteiger partial charge in [-0.1, -0.05) is 52.3 Å². The molecule has 1 unspecified atom stereocenters. The van der Waals surface area contributed by atoms with Crippen molar-refractivity contribution in [3.05, 3.63) is 30.1 Å². The molecule has 206 valence electrons. The highest BCUT2D eigenvalue weighted by molar-refractivity contribution is 6.76. The molecule has 0 radical (unpaired) electrons. The lowest BCUT2D eigenvalue weighted by Crippen LogP contribution is -2.33. The van der Waals surface area contributed by atoms with Crippen molar-refractivity contribution < 1.29 is 14.3 Å². The summed E-state index contributed by atoms with van der Waals surface area (Å²) in [5.41, 5.74) is 2.73. The molecule has 2 heterocycles. The molecule has 0 bridgehead atoms. The van der Waals surface area contributed by atoms with Gasteiger partial charge in [0.1, 0.15) is 25.1 Å². The van der Waals surface area contributed by atoms with E-state index in [9.17, 15) is 4.79 Å². The van der Waals surface area contributed by atoms with Crippen LogP contribution in [0.2, 0.25) is 51.4 Å². The minimum Gasteiger partial charge on any atom is -0.361 e. The number of ether oxygens (including phenoxy) is 2. The van der Waals surface area contributed by atoms with E-state index in [4.69, 9.17) is 14.5 Å². The third-order valence-corrected chi connectivity index (χ3v) is 10.9. The van der Waals surface area contributed by atoms with Gasteiger partial charge in [0.05, 0.1) is 11.9 Å². The van der Waals surface area contributed by atoms with E-state index in [1.54, 1.807) is 13.1 Å². The average molecular weight is 545 g/mol. The van der Waals surface area contributed by atoms with Gasteiger partial charge in [0.25, 0.3) is 0 Å². The van der Waals surface area contributed by atoms with Crippen molar-refractivity contribution in [3.63, 3.8) is 0 Å². The molecule has 1 atom stereocenters. The molecule has 3 rings (SSSR count). The molecule has 0 saturated heterocycles. The first kappa shape index (κ1) is 29.7. The minimum absolute atomic E-state index is 0.229. The second-order valence-electron chi connectivity index (χ2n) is 13.0.